The standard InChI is InChI=1S/C14H12F3NO/c1-19-9-4-2-3-8(7-9)14(18)10-5-6-11(15)13(17)12(10)16/h2-7,14H,18H2,1H3. The Morgan fingerprint density at radius 2 is 1.79 bits per heavy atom. The summed E-state index contributed by atoms with van der Waals surface area (Å²) >= 11 is 0. The second-order valence-electron chi connectivity index (χ2n) is 4.02. The molecule has 1 atom stereocenters. The van der Waals surface area contributed by atoms with E-state index < -0.39 is 23.5 Å². The molecular formula is C14H12F3NO. The zero-order valence-corrected chi connectivity index (χ0v) is 10.2. The molecule has 0 heterocycles. The average molecular weight is 267 g/mol. The predicted molar refractivity (Wildman–Crippen MR) is 65.3 cm³/mol. The van der Waals surface area contributed by atoms with Gasteiger partial charge in [0.15, 0.2) is 17.5 Å². The van der Waals surface area contributed by atoms with Gasteiger partial charge in [-0.2, -0.15) is 0 Å². The highest BCUT2D eigenvalue weighted by molar-refractivity contribution is 5.37. The fourth-order valence-electron chi connectivity index (χ4n) is 1.80. The number of hydrogen-bond acceptors (Lipinski definition) is 2. The molecule has 0 aliphatic heterocycles. The molecule has 2 aromatic rings. The molecule has 0 aliphatic rings. The average Bonchev–Trinajstić information content (AvgIpc) is 2.44. The van der Waals surface area contributed by atoms with Gasteiger partial charge in [-0.25, -0.2) is 13.2 Å². The third-order valence-corrected chi connectivity index (χ3v) is 2.85. The monoisotopic (exact) mass is 267 g/mol. The number of halogens is 3. The molecule has 2 rings (SSSR count). The van der Waals surface area contributed by atoms with E-state index in [-0.39, 0.29) is 5.56 Å². The van der Waals surface area contributed by atoms with Crippen LogP contribution in [0.15, 0.2) is 36.4 Å². The summed E-state index contributed by atoms with van der Waals surface area (Å²) in [5.74, 6) is -3.47. The second kappa shape index (κ2) is 5.32. The molecule has 0 radical (unpaired) electrons. The van der Waals surface area contributed by atoms with Crippen LogP contribution in [0.1, 0.15) is 17.2 Å². The summed E-state index contributed by atoms with van der Waals surface area (Å²) in [5.41, 5.74) is 6.32. The number of hydrogen-bond donors (Lipinski definition) is 1. The van der Waals surface area contributed by atoms with Gasteiger partial charge in [-0.3, -0.25) is 0 Å². The van der Waals surface area contributed by atoms with Crippen molar-refractivity contribution in [2.75, 3.05) is 7.11 Å². The topological polar surface area (TPSA) is 35.2 Å². The van der Waals surface area contributed by atoms with E-state index in [2.05, 4.69) is 0 Å². The Bertz CT molecular complexity index is 601. The lowest BCUT2D eigenvalue weighted by atomic mass is 9.98. The summed E-state index contributed by atoms with van der Waals surface area (Å²) < 4.78 is 44.7. The molecule has 1 unspecified atom stereocenters. The maximum absolute atomic E-state index is 13.7. The van der Waals surface area contributed by atoms with Gasteiger partial charge in [0.05, 0.1) is 13.2 Å². The third-order valence-electron chi connectivity index (χ3n) is 2.85. The van der Waals surface area contributed by atoms with E-state index in [1.54, 1.807) is 24.3 Å². The lowest BCUT2D eigenvalue weighted by Crippen LogP contribution is -2.15. The van der Waals surface area contributed by atoms with Crippen LogP contribution in [0, 0.1) is 17.5 Å². The predicted octanol–water partition coefficient (Wildman–Crippen LogP) is 3.16. The van der Waals surface area contributed by atoms with Crippen LogP contribution in [0.25, 0.3) is 0 Å². The van der Waals surface area contributed by atoms with Crippen LogP contribution < -0.4 is 10.5 Å². The number of nitrogens with two attached hydrogens (primary N) is 1. The quantitative estimate of drug-likeness (QED) is 0.867. The molecular weight excluding hydrogens is 255 g/mol. The second-order valence-corrected chi connectivity index (χ2v) is 4.02. The van der Waals surface area contributed by atoms with Crippen molar-refractivity contribution in [3.63, 3.8) is 0 Å². The summed E-state index contributed by atoms with van der Waals surface area (Å²) in [4.78, 5) is 0. The molecule has 19 heavy (non-hydrogen) atoms. The first-order valence-corrected chi connectivity index (χ1v) is 5.57. The molecule has 0 fully saturated rings. The minimum absolute atomic E-state index is 0.104. The van der Waals surface area contributed by atoms with Crippen molar-refractivity contribution in [3.8, 4) is 5.75 Å². The van der Waals surface area contributed by atoms with Crippen LogP contribution in [0.5, 0.6) is 5.75 Å². The van der Waals surface area contributed by atoms with E-state index in [0.717, 1.165) is 12.1 Å². The normalized spacial score (nSPS) is 12.3. The minimum atomic E-state index is -1.52. The molecule has 2 N–H and O–H groups in total. The maximum atomic E-state index is 13.7. The number of ether oxygens (including phenoxy) is 1. The van der Waals surface area contributed by atoms with E-state index in [9.17, 15) is 13.2 Å². The highest BCUT2D eigenvalue weighted by Crippen LogP contribution is 2.26. The van der Waals surface area contributed by atoms with Gasteiger partial charge in [0.1, 0.15) is 5.75 Å². The summed E-state index contributed by atoms with van der Waals surface area (Å²) in [6.07, 6.45) is 0. The van der Waals surface area contributed by atoms with E-state index in [4.69, 9.17) is 10.5 Å². The molecule has 2 aromatic carbocycles. The van der Waals surface area contributed by atoms with Gasteiger partial charge in [0.2, 0.25) is 0 Å². The van der Waals surface area contributed by atoms with Crippen LogP contribution in [-0.4, -0.2) is 7.11 Å². The van der Waals surface area contributed by atoms with Gasteiger partial charge in [-0.15, -0.1) is 0 Å². The molecule has 0 aliphatic carbocycles. The largest absolute Gasteiger partial charge is 0.497 e. The summed E-state index contributed by atoms with van der Waals surface area (Å²) in [7, 11) is 1.49. The molecule has 100 valence electrons. The SMILES string of the molecule is COc1cccc(C(N)c2ccc(F)c(F)c2F)c1. The van der Waals surface area contributed by atoms with Gasteiger partial charge < -0.3 is 10.5 Å². The van der Waals surface area contributed by atoms with Crippen LogP contribution in [-0.2, 0) is 0 Å². The fourth-order valence-corrected chi connectivity index (χ4v) is 1.80. The minimum Gasteiger partial charge on any atom is -0.497 e. The number of methoxy groups -OCH3 is 1. The Hall–Kier alpha value is -2.01. The Balaban J connectivity index is 2.44. The van der Waals surface area contributed by atoms with Crippen LogP contribution in [0.2, 0.25) is 0 Å². The smallest absolute Gasteiger partial charge is 0.194 e. The Kier molecular flexibility index (Phi) is 3.76. The lowest BCUT2D eigenvalue weighted by molar-refractivity contribution is 0.413. The van der Waals surface area contributed by atoms with Gasteiger partial charge in [-0.1, -0.05) is 18.2 Å². The van der Waals surface area contributed by atoms with E-state index in [0.29, 0.717) is 11.3 Å². The maximum Gasteiger partial charge on any atom is 0.194 e. The molecule has 0 bridgehead atoms. The molecule has 0 saturated carbocycles. The van der Waals surface area contributed by atoms with Gasteiger partial charge in [0.25, 0.3) is 0 Å². The Morgan fingerprint density at radius 1 is 1.05 bits per heavy atom. The van der Waals surface area contributed by atoms with Crippen molar-refractivity contribution in [2.24, 2.45) is 5.73 Å². The summed E-state index contributed by atoms with van der Waals surface area (Å²) in [5, 5.41) is 0. The van der Waals surface area contributed by atoms with Crippen LogP contribution in [0.4, 0.5) is 13.2 Å². The zero-order valence-electron chi connectivity index (χ0n) is 10.2. The first kappa shape index (κ1) is 13.4. The highest BCUT2D eigenvalue weighted by atomic mass is 19.2. The Morgan fingerprint density at radius 3 is 2.47 bits per heavy atom. The first-order chi connectivity index (χ1) is 9.04. The van der Waals surface area contributed by atoms with E-state index in [1.165, 1.54) is 7.11 Å². The van der Waals surface area contributed by atoms with Crippen molar-refractivity contribution < 1.29 is 17.9 Å². The van der Waals surface area contributed by atoms with Crippen LogP contribution in [0.3, 0.4) is 0 Å². The van der Waals surface area contributed by atoms with Crippen molar-refractivity contribution in [1.82, 2.24) is 0 Å². The van der Waals surface area contributed by atoms with Crippen molar-refractivity contribution in [2.45, 2.75) is 6.04 Å². The van der Waals surface area contributed by atoms with Gasteiger partial charge in [-0.05, 0) is 23.8 Å². The summed E-state index contributed by atoms with van der Waals surface area (Å²) in [6.45, 7) is 0. The van der Waals surface area contributed by atoms with E-state index >= 15 is 0 Å². The number of rotatable bonds is 3. The zero-order chi connectivity index (χ0) is 14.0. The molecule has 0 aromatic heterocycles. The highest BCUT2D eigenvalue weighted by Gasteiger charge is 2.19. The van der Waals surface area contributed by atoms with Gasteiger partial charge in [0, 0.05) is 5.56 Å². The van der Waals surface area contributed by atoms with Crippen LogP contribution >= 0.6 is 0 Å². The fraction of sp³-hybridized carbons (Fsp3) is 0.143. The first-order valence-electron chi connectivity index (χ1n) is 5.57. The third kappa shape index (κ3) is 2.56. The molecule has 5 heteroatoms. The molecule has 0 saturated heterocycles. The van der Waals surface area contributed by atoms with Crippen molar-refractivity contribution in [1.29, 1.82) is 0 Å². The Labute approximate surface area is 108 Å². The van der Waals surface area contributed by atoms with Gasteiger partial charge >= 0.3 is 0 Å². The molecule has 2 nitrogen and oxygen atoms in total. The van der Waals surface area contributed by atoms with Crippen molar-refractivity contribution >= 4 is 0 Å². The number of benzene rings is 2. The lowest BCUT2D eigenvalue weighted by Gasteiger charge is -2.14. The molecule has 0 amide bonds. The van der Waals surface area contributed by atoms with E-state index in [1.807, 2.05) is 0 Å². The van der Waals surface area contributed by atoms with Crippen molar-refractivity contribution in [3.05, 3.63) is 65.0 Å². The molecule has 0 spiro atoms. The summed E-state index contributed by atoms with van der Waals surface area (Å²) in [6, 6.07) is 7.76.